The number of phenols is 1. The molecule has 0 fully saturated rings. The number of rotatable bonds is 5. The van der Waals surface area contributed by atoms with E-state index in [9.17, 15) is 9.50 Å². The van der Waals surface area contributed by atoms with Gasteiger partial charge in [0.1, 0.15) is 11.6 Å². The lowest BCUT2D eigenvalue weighted by molar-refractivity contribution is 0.475. The highest BCUT2D eigenvalue weighted by molar-refractivity contribution is 5.79. The van der Waals surface area contributed by atoms with Gasteiger partial charge in [0.2, 0.25) is 0 Å². The van der Waals surface area contributed by atoms with Crippen LogP contribution in [-0.2, 0) is 13.1 Å². The van der Waals surface area contributed by atoms with Crippen molar-refractivity contribution in [3.63, 3.8) is 0 Å². The largest absolute Gasteiger partial charge is 0.508 e. The van der Waals surface area contributed by atoms with Crippen LogP contribution in [0.4, 0.5) is 4.39 Å². The lowest BCUT2D eigenvalue weighted by atomic mass is 10.2. The molecule has 0 spiro atoms. The second kappa shape index (κ2) is 8.02. The summed E-state index contributed by atoms with van der Waals surface area (Å²) in [4.78, 5) is 4.48. The zero-order valence-electron chi connectivity index (χ0n) is 12.5. The first-order valence-electron chi connectivity index (χ1n) is 7.22. The van der Waals surface area contributed by atoms with Crippen molar-refractivity contribution in [1.29, 1.82) is 0 Å². The van der Waals surface area contributed by atoms with E-state index < -0.39 is 0 Å². The van der Waals surface area contributed by atoms with Crippen molar-refractivity contribution in [2.75, 3.05) is 6.54 Å². The van der Waals surface area contributed by atoms with E-state index in [-0.39, 0.29) is 11.6 Å². The van der Waals surface area contributed by atoms with Crippen LogP contribution in [0, 0.1) is 5.82 Å². The molecule has 0 heterocycles. The molecular formula is C17H20FN3O. The van der Waals surface area contributed by atoms with Crippen LogP contribution in [0.1, 0.15) is 18.1 Å². The molecule has 2 aromatic rings. The predicted octanol–water partition coefficient (Wildman–Crippen LogP) is 2.79. The molecule has 0 aliphatic carbocycles. The maximum Gasteiger partial charge on any atom is 0.191 e. The van der Waals surface area contributed by atoms with E-state index in [2.05, 4.69) is 15.6 Å². The van der Waals surface area contributed by atoms with Crippen molar-refractivity contribution >= 4 is 5.96 Å². The summed E-state index contributed by atoms with van der Waals surface area (Å²) < 4.78 is 12.9. The number of nitrogens with one attached hydrogen (secondary N) is 2. The quantitative estimate of drug-likeness (QED) is 0.588. The van der Waals surface area contributed by atoms with E-state index in [0.29, 0.717) is 19.0 Å². The van der Waals surface area contributed by atoms with E-state index >= 15 is 0 Å². The summed E-state index contributed by atoms with van der Waals surface area (Å²) in [6, 6.07) is 13.3. The van der Waals surface area contributed by atoms with E-state index in [1.165, 1.54) is 12.1 Å². The molecule has 116 valence electrons. The van der Waals surface area contributed by atoms with Crippen LogP contribution in [0.25, 0.3) is 0 Å². The van der Waals surface area contributed by atoms with Crippen molar-refractivity contribution in [1.82, 2.24) is 10.6 Å². The summed E-state index contributed by atoms with van der Waals surface area (Å²) in [6.07, 6.45) is 0. The average Bonchev–Trinajstić information content (AvgIpc) is 2.53. The molecule has 0 aliphatic heterocycles. The van der Waals surface area contributed by atoms with Crippen molar-refractivity contribution in [2.24, 2.45) is 4.99 Å². The van der Waals surface area contributed by atoms with E-state index in [1.807, 2.05) is 19.1 Å². The number of aliphatic imine (C=N–C) groups is 1. The van der Waals surface area contributed by atoms with Gasteiger partial charge in [0.15, 0.2) is 5.96 Å². The highest BCUT2D eigenvalue weighted by Gasteiger charge is 1.99. The molecule has 0 aliphatic rings. The van der Waals surface area contributed by atoms with Crippen LogP contribution in [0.15, 0.2) is 53.5 Å². The normalized spacial score (nSPS) is 11.3. The average molecular weight is 301 g/mol. The summed E-state index contributed by atoms with van der Waals surface area (Å²) >= 11 is 0. The zero-order chi connectivity index (χ0) is 15.8. The van der Waals surface area contributed by atoms with Crippen LogP contribution in [0.5, 0.6) is 5.75 Å². The highest BCUT2D eigenvalue weighted by atomic mass is 19.1. The van der Waals surface area contributed by atoms with Crippen molar-refractivity contribution in [3.8, 4) is 5.75 Å². The SMILES string of the molecule is CCNC(=NCc1ccc(O)cc1)NCc1ccc(F)cc1. The van der Waals surface area contributed by atoms with Crippen LogP contribution in [0.2, 0.25) is 0 Å². The van der Waals surface area contributed by atoms with Crippen molar-refractivity contribution in [3.05, 3.63) is 65.5 Å². The minimum Gasteiger partial charge on any atom is -0.508 e. The van der Waals surface area contributed by atoms with Gasteiger partial charge in [-0.2, -0.15) is 0 Å². The molecule has 2 aromatic carbocycles. The second-order valence-electron chi connectivity index (χ2n) is 4.84. The van der Waals surface area contributed by atoms with Gasteiger partial charge in [-0.05, 0) is 42.3 Å². The fourth-order valence-corrected chi connectivity index (χ4v) is 1.90. The fourth-order valence-electron chi connectivity index (χ4n) is 1.90. The Bertz CT molecular complexity index is 609. The molecule has 0 unspecified atom stereocenters. The van der Waals surface area contributed by atoms with Crippen LogP contribution in [-0.4, -0.2) is 17.6 Å². The smallest absolute Gasteiger partial charge is 0.191 e. The fraction of sp³-hybridized carbons (Fsp3) is 0.235. The Morgan fingerprint density at radius 3 is 2.27 bits per heavy atom. The van der Waals surface area contributed by atoms with Gasteiger partial charge >= 0.3 is 0 Å². The Labute approximate surface area is 129 Å². The number of aromatic hydroxyl groups is 1. The number of hydrogen-bond donors (Lipinski definition) is 3. The topological polar surface area (TPSA) is 56.7 Å². The summed E-state index contributed by atoms with van der Waals surface area (Å²) in [5.41, 5.74) is 1.99. The molecule has 0 atom stereocenters. The maximum atomic E-state index is 12.9. The van der Waals surface area contributed by atoms with Gasteiger partial charge in [-0.15, -0.1) is 0 Å². The monoisotopic (exact) mass is 301 g/mol. The number of phenolic OH excluding ortho intramolecular Hbond substituents is 1. The minimum atomic E-state index is -0.239. The Hall–Kier alpha value is -2.56. The van der Waals surface area contributed by atoms with E-state index in [4.69, 9.17) is 0 Å². The predicted molar refractivity (Wildman–Crippen MR) is 86.2 cm³/mol. The standard InChI is InChI=1S/C17H20FN3O/c1-2-19-17(20-11-13-3-7-15(18)8-4-13)21-12-14-5-9-16(22)10-6-14/h3-10,22H,2,11-12H2,1H3,(H2,19,20,21). The van der Waals surface area contributed by atoms with E-state index in [1.54, 1.807) is 24.3 Å². The lowest BCUT2D eigenvalue weighted by Gasteiger charge is -2.11. The Morgan fingerprint density at radius 2 is 1.64 bits per heavy atom. The van der Waals surface area contributed by atoms with Crippen LogP contribution in [0.3, 0.4) is 0 Å². The molecule has 22 heavy (non-hydrogen) atoms. The molecule has 5 heteroatoms. The third kappa shape index (κ3) is 5.09. The van der Waals surface area contributed by atoms with Crippen molar-refractivity contribution in [2.45, 2.75) is 20.0 Å². The summed E-state index contributed by atoms with van der Waals surface area (Å²) in [5.74, 6) is 0.700. The zero-order valence-corrected chi connectivity index (χ0v) is 12.5. The van der Waals surface area contributed by atoms with E-state index in [0.717, 1.165) is 17.7 Å². The summed E-state index contributed by atoms with van der Waals surface area (Å²) in [6.45, 7) is 3.83. The molecule has 2 rings (SSSR count). The summed E-state index contributed by atoms with van der Waals surface area (Å²) in [5, 5.41) is 15.6. The van der Waals surface area contributed by atoms with Crippen LogP contribution >= 0.6 is 0 Å². The molecule has 0 aromatic heterocycles. The Morgan fingerprint density at radius 1 is 1.00 bits per heavy atom. The van der Waals surface area contributed by atoms with Gasteiger partial charge in [0, 0.05) is 13.1 Å². The second-order valence-corrected chi connectivity index (χ2v) is 4.84. The van der Waals surface area contributed by atoms with Crippen molar-refractivity contribution < 1.29 is 9.50 Å². The number of guanidine groups is 1. The molecule has 0 saturated carbocycles. The lowest BCUT2D eigenvalue weighted by Crippen LogP contribution is -2.36. The maximum absolute atomic E-state index is 12.9. The molecular weight excluding hydrogens is 281 g/mol. The van der Waals surface area contributed by atoms with Gasteiger partial charge in [0.25, 0.3) is 0 Å². The Kier molecular flexibility index (Phi) is 5.77. The number of halogens is 1. The van der Waals surface area contributed by atoms with Gasteiger partial charge in [-0.1, -0.05) is 24.3 Å². The summed E-state index contributed by atoms with van der Waals surface area (Å²) in [7, 11) is 0. The number of nitrogens with zero attached hydrogens (tertiary/aromatic N) is 1. The van der Waals surface area contributed by atoms with Gasteiger partial charge in [-0.3, -0.25) is 0 Å². The molecule has 3 N–H and O–H groups in total. The molecule has 0 amide bonds. The first-order chi connectivity index (χ1) is 10.7. The molecule has 4 nitrogen and oxygen atoms in total. The molecule has 0 saturated heterocycles. The number of benzene rings is 2. The molecule has 0 radical (unpaired) electrons. The third-order valence-electron chi connectivity index (χ3n) is 3.07. The van der Waals surface area contributed by atoms with Gasteiger partial charge in [0.05, 0.1) is 6.54 Å². The number of hydrogen-bond acceptors (Lipinski definition) is 2. The van der Waals surface area contributed by atoms with Gasteiger partial charge < -0.3 is 15.7 Å². The highest BCUT2D eigenvalue weighted by Crippen LogP contribution is 2.10. The minimum absolute atomic E-state index is 0.239. The first-order valence-corrected chi connectivity index (χ1v) is 7.22. The first kappa shape index (κ1) is 15.8. The van der Waals surface area contributed by atoms with Gasteiger partial charge in [-0.25, -0.2) is 9.38 Å². The molecule has 0 bridgehead atoms. The Balaban J connectivity index is 1.94. The third-order valence-corrected chi connectivity index (χ3v) is 3.07. The van der Waals surface area contributed by atoms with Crippen LogP contribution < -0.4 is 10.6 Å².